The Kier molecular flexibility index (Phi) is 29.4. The van der Waals surface area contributed by atoms with Gasteiger partial charge in [-0.25, -0.2) is 34.6 Å². The van der Waals surface area contributed by atoms with Crippen molar-refractivity contribution in [3.8, 4) is 12.1 Å². The first-order chi connectivity index (χ1) is 41.6. The average molecular weight is 1330 g/mol. The van der Waals surface area contributed by atoms with Gasteiger partial charge in [0.1, 0.15) is 20.2 Å². The van der Waals surface area contributed by atoms with Gasteiger partial charge in [0.25, 0.3) is 20.3 Å². The maximum atomic E-state index is 13.0. The molecule has 9 atom stereocenters. The van der Waals surface area contributed by atoms with Gasteiger partial charge in [0, 0.05) is 35.0 Å². The van der Waals surface area contributed by atoms with Gasteiger partial charge in [0.15, 0.2) is 63.1 Å². The molecule has 0 bridgehead atoms. The monoisotopic (exact) mass is 1330 g/mol. The first-order valence-corrected chi connectivity index (χ1v) is 38.3. The molecule has 28 heteroatoms. The number of aliphatic hydroxyl groups is 1. The number of aromatic nitrogens is 8. The molecule has 1 unspecified atom stereocenters. The van der Waals surface area contributed by atoms with E-state index in [0.717, 1.165) is 0 Å². The number of fused-ring (bicyclic) bond motifs is 2. The molecule has 4 aromatic heterocycles. The topological polar surface area (TPSA) is 281 Å². The van der Waals surface area contributed by atoms with Crippen LogP contribution in [0.15, 0.2) is 86.0 Å². The van der Waals surface area contributed by atoms with E-state index < -0.39 is 37.6 Å². The number of aliphatic hydroxyl groups excluding tert-OH is 1. The lowest BCUT2D eigenvalue weighted by Crippen LogP contribution is -2.46. The van der Waals surface area contributed by atoms with E-state index in [-0.39, 0.29) is 111 Å². The van der Waals surface area contributed by atoms with Crippen molar-refractivity contribution in [1.29, 1.82) is 10.5 Å². The maximum absolute atomic E-state index is 13.0. The summed E-state index contributed by atoms with van der Waals surface area (Å²) in [6.45, 7) is 35.9. The molecule has 23 nitrogen and oxygen atoms in total. The predicted octanol–water partition coefficient (Wildman–Crippen LogP) is 13.8. The molecule has 2 amide bonds. The zero-order valence-electron chi connectivity index (χ0n) is 53.4. The second-order valence-corrected chi connectivity index (χ2v) is 36.9. The molecule has 8 rings (SSSR count). The smallest absolute Gasteiger partial charge is 0.259 e. The van der Waals surface area contributed by atoms with Crippen LogP contribution in [0.4, 0.5) is 11.6 Å². The van der Waals surface area contributed by atoms with Gasteiger partial charge in [-0.3, -0.25) is 18.7 Å². The van der Waals surface area contributed by atoms with Gasteiger partial charge < -0.3 is 47.6 Å². The van der Waals surface area contributed by atoms with E-state index in [1.54, 1.807) is 43.0 Å². The molecule has 0 aliphatic carbocycles. The summed E-state index contributed by atoms with van der Waals surface area (Å²) in [7, 11) is -5.38. The fourth-order valence-corrected chi connectivity index (χ4v) is 14.0. The van der Waals surface area contributed by atoms with Crippen molar-refractivity contribution >= 4 is 90.3 Å². The van der Waals surface area contributed by atoms with Crippen LogP contribution in [0.5, 0.6) is 0 Å². The van der Waals surface area contributed by atoms with Crippen molar-refractivity contribution in [3.63, 3.8) is 0 Å². The number of hydrogen-bond acceptors (Lipinski definition) is 20. The Hall–Kier alpha value is -5.52. The zero-order valence-corrected chi connectivity index (χ0v) is 58.0. The number of imidazole rings is 2. The normalized spacial score (nSPS) is 20.5. The number of nitrogens with one attached hydrogen (secondary N) is 2. The highest BCUT2D eigenvalue weighted by Gasteiger charge is 2.51. The summed E-state index contributed by atoms with van der Waals surface area (Å²) in [5, 5.41) is 30.4. The van der Waals surface area contributed by atoms with Crippen LogP contribution in [0.25, 0.3) is 22.3 Å². The van der Waals surface area contributed by atoms with Crippen molar-refractivity contribution in [1.82, 2.24) is 43.7 Å². The number of nitriles is 2. The molecule has 0 saturated carbocycles. The molecule has 492 valence electrons. The van der Waals surface area contributed by atoms with Crippen LogP contribution in [0.1, 0.15) is 144 Å². The molecular weight excluding hydrogens is 1240 g/mol. The van der Waals surface area contributed by atoms with Crippen molar-refractivity contribution < 1.29 is 46.6 Å². The van der Waals surface area contributed by atoms with Gasteiger partial charge in [0.2, 0.25) is 0 Å². The van der Waals surface area contributed by atoms with E-state index in [2.05, 4.69) is 161 Å². The van der Waals surface area contributed by atoms with Gasteiger partial charge in [0.05, 0.1) is 88.5 Å². The highest BCUT2D eigenvalue weighted by atomic mass is 32.4. The summed E-state index contributed by atoms with van der Waals surface area (Å²) >= 11 is 4.95. The molecule has 2 aliphatic rings. The van der Waals surface area contributed by atoms with Crippen molar-refractivity contribution in [2.24, 2.45) is 11.8 Å². The number of amides is 2. The van der Waals surface area contributed by atoms with Crippen molar-refractivity contribution in [3.05, 3.63) is 97.1 Å². The predicted molar refractivity (Wildman–Crippen MR) is 362 cm³/mol. The van der Waals surface area contributed by atoms with Crippen LogP contribution in [0.2, 0.25) is 36.3 Å². The van der Waals surface area contributed by atoms with Crippen molar-refractivity contribution in [2.75, 3.05) is 37.1 Å². The first kappa shape index (κ1) is 76.9. The Morgan fingerprint density at radius 3 is 1.46 bits per heavy atom. The summed E-state index contributed by atoms with van der Waals surface area (Å²) < 4.78 is 51.4. The Morgan fingerprint density at radius 2 is 1.10 bits per heavy atom. The van der Waals surface area contributed by atoms with Crippen LogP contribution in [0.3, 0.4) is 0 Å². The number of nitrogens with zero attached hydrogens (tertiary/aromatic N) is 11. The molecule has 2 saturated heterocycles. The third-order valence-corrected chi connectivity index (χ3v) is 27.8. The Balaban J connectivity index is 0.000000359. The van der Waals surface area contributed by atoms with E-state index in [4.69, 9.17) is 59.3 Å². The number of benzene rings is 2. The van der Waals surface area contributed by atoms with Gasteiger partial charge >= 0.3 is 0 Å². The molecule has 6 heterocycles. The lowest BCUT2D eigenvalue weighted by atomic mass is 10.0. The second-order valence-electron chi connectivity index (χ2n) is 25.1. The van der Waals surface area contributed by atoms with Gasteiger partial charge in [-0.05, 0) is 100 Å². The summed E-state index contributed by atoms with van der Waals surface area (Å²) in [5.74, 6) is 0.108. The molecule has 90 heavy (non-hydrogen) atoms. The minimum absolute atomic E-state index is 0. The number of carbonyl (C=O) groups excluding carboxylic acids is 2. The van der Waals surface area contributed by atoms with E-state index >= 15 is 0 Å². The number of carbonyl (C=O) groups is 2. The zero-order chi connectivity index (χ0) is 64.7. The highest BCUT2D eigenvalue weighted by Crippen LogP contribution is 2.50. The number of rotatable bonds is 23. The molecule has 0 radical (unpaired) electrons. The lowest BCUT2D eigenvalue weighted by Gasteiger charge is -2.40. The summed E-state index contributed by atoms with van der Waals surface area (Å²) in [6.07, 6.45) is 4.62. The Bertz CT molecular complexity index is 3320. The fraction of sp³-hybridized carbons (Fsp3) is 0.581. The summed E-state index contributed by atoms with van der Waals surface area (Å²) in [4.78, 5) is 52.6. The average Bonchev–Trinajstić information content (AvgIpc) is 1.62. The quantitative estimate of drug-likeness (QED) is 0.0305. The SMILES string of the molecule is C.C.CC(C)N(C(C)C)P(OCCC#N)OC[C@H]1O[C@@H](n2cnc3c(NC(=O)c4ccccc4)ncnc32)[C@H](O[Si](C)(C)C(C)(C)C)[C@@H]1C.C[C@H]1[C@@H](O[Si](C)(C)C(C)(C)C)[C@H](n2cnc3c(NC(=O)c4ccccc4)ncnc32)O[C@@H]1COP=S.N#CCCO. The van der Waals surface area contributed by atoms with Crippen LogP contribution in [0, 0.1) is 34.5 Å². The standard InChI is InChI=1S/C33H50N7O5PSi.C24H32N5O4PSSi.C3H5NO.2CH4/c1-22(2)40(23(3)4)46(42-18-14-17-34)43-19-26-24(5)28(45-47(9,10)33(6,7)8)32(44-26)39-21-37-27-29(35-20-36-30(27)39)38-31(41)25-15-12-11-13-16-25;1-15-17(12-31-34-35)32-23(19(15)33-36(5,6)24(2,3)4)29-14-27-18-20(25-13-26-21(18)29)28-22(30)16-10-8-7-9-11-16;4-2-1-3-5;;/h11-13,15-16,20-24,26,28,32H,14,18-19H2,1-10H3,(H,35,36,38,41);7-11,13-15,17,19,23H,12H2,1-6H3,(H,25,26,28,30);5H,1,3H2;2*1H4/t24-,26-,28-,32-,46?;15-,17-,19-,23-;;;/m11.../s1. The third kappa shape index (κ3) is 19.3. The summed E-state index contributed by atoms with van der Waals surface area (Å²) in [6, 6.07) is 22.2. The van der Waals surface area contributed by atoms with E-state index in [1.165, 1.54) is 12.7 Å². The van der Waals surface area contributed by atoms with E-state index in [9.17, 15) is 9.59 Å². The molecule has 6 aromatic rings. The molecule has 2 aromatic carbocycles. The number of hydrogen-bond donors (Lipinski definition) is 3. The minimum Gasteiger partial charge on any atom is -0.409 e. The molecule has 2 fully saturated rings. The van der Waals surface area contributed by atoms with E-state index in [0.29, 0.717) is 65.9 Å². The lowest BCUT2D eigenvalue weighted by molar-refractivity contribution is -0.0450. The largest absolute Gasteiger partial charge is 0.409 e. The Labute approximate surface area is 542 Å². The highest BCUT2D eigenvalue weighted by molar-refractivity contribution is 7.94. The Morgan fingerprint density at radius 1 is 0.689 bits per heavy atom. The van der Waals surface area contributed by atoms with Crippen LogP contribution >= 0.6 is 16.1 Å². The molecule has 0 spiro atoms. The van der Waals surface area contributed by atoms with Crippen molar-refractivity contribution in [2.45, 2.75) is 196 Å². The van der Waals surface area contributed by atoms with Gasteiger partial charge in [-0.1, -0.05) is 107 Å². The van der Waals surface area contributed by atoms with Gasteiger partial charge in [-0.15, -0.1) is 0 Å². The minimum atomic E-state index is -2.25. The first-order valence-electron chi connectivity index (χ1n) is 29.5. The van der Waals surface area contributed by atoms with Gasteiger partial charge in [-0.2, -0.15) is 10.5 Å². The fourth-order valence-electron chi connectivity index (χ4n) is 9.30. The van der Waals surface area contributed by atoms with Crippen LogP contribution in [-0.2, 0) is 43.7 Å². The van der Waals surface area contributed by atoms with Crippen LogP contribution in [-0.4, -0.2) is 140 Å². The molecular formula is C62H95N13O10P2SSi2. The molecule has 2 aliphatic heterocycles. The maximum Gasteiger partial charge on any atom is 0.259 e. The van der Waals surface area contributed by atoms with Crippen LogP contribution < -0.4 is 10.6 Å². The number of ether oxygens (including phenoxy) is 2. The second kappa shape index (κ2) is 34.4. The third-order valence-electron chi connectivity index (χ3n) is 16.2. The molecule has 3 N–H and O–H groups in total. The number of anilines is 2. The summed E-state index contributed by atoms with van der Waals surface area (Å²) in [5.41, 5.74) is 3.06. The van der Waals surface area contributed by atoms with E-state index in [1.807, 2.05) is 45.5 Å².